The summed E-state index contributed by atoms with van der Waals surface area (Å²) < 4.78 is 69.6. The number of hydrogen-bond acceptors (Lipinski definition) is 9. The predicted molar refractivity (Wildman–Crippen MR) is 155 cm³/mol. The zero-order chi connectivity index (χ0) is 32.8. The molecule has 3 heterocycles. The van der Waals surface area contributed by atoms with Crippen LogP contribution in [0.1, 0.15) is 47.3 Å². The van der Waals surface area contributed by atoms with E-state index in [0.717, 1.165) is 6.07 Å². The molecule has 1 fully saturated rings. The number of carboxylic acid groups (broad SMARTS) is 1. The fourth-order valence-electron chi connectivity index (χ4n) is 5.26. The molecule has 0 unspecified atom stereocenters. The van der Waals surface area contributed by atoms with Crippen molar-refractivity contribution in [3.8, 4) is 17.7 Å². The van der Waals surface area contributed by atoms with Gasteiger partial charge in [-0.2, -0.15) is 23.4 Å². The zero-order valence-electron chi connectivity index (χ0n) is 24.7. The van der Waals surface area contributed by atoms with Crippen molar-refractivity contribution in [2.24, 2.45) is 0 Å². The Labute approximate surface area is 261 Å². The number of imidazole rings is 1. The molecule has 0 aliphatic carbocycles. The van der Waals surface area contributed by atoms with Crippen LogP contribution in [0.15, 0.2) is 48.7 Å². The second-order valence-corrected chi connectivity index (χ2v) is 10.8. The molecule has 242 valence electrons. The molecule has 0 amide bonds. The third-order valence-corrected chi connectivity index (χ3v) is 7.50. The second-order valence-electron chi connectivity index (χ2n) is 10.8. The number of hydrogen-bond donors (Lipinski definition) is 1. The number of aromatic carboxylic acids is 1. The molecule has 0 radical (unpaired) electrons. The number of carboxylic acids is 1. The van der Waals surface area contributed by atoms with Gasteiger partial charge in [0.05, 0.1) is 35.3 Å². The van der Waals surface area contributed by atoms with E-state index in [1.807, 2.05) is 13.0 Å². The Kier molecular flexibility index (Phi) is 9.98. The Morgan fingerprint density at radius 2 is 2.00 bits per heavy atom. The zero-order valence-corrected chi connectivity index (χ0v) is 24.7. The standard InChI is InChI=1S/C31H30F4N6O5/c1-19-12-23(46-29-6-8-37-27(39-29)17-45-26-5-3-22(32)13-21(26)15-36)7-9-40(19)16-28-38-24-4-2-20(30(42)43)14-25(24)41(28)10-11-44-18-31(33,34)35/h2-6,8,13-14,19,23H,7,9-12,16-18H2,1H3,(H,42,43)/t19-,23-/m0/s1. The van der Waals surface area contributed by atoms with Crippen LogP contribution in [0.2, 0.25) is 0 Å². The molecule has 0 saturated carbocycles. The van der Waals surface area contributed by atoms with Crippen LogP contribution in [-0.4, -0.2) is 73.6 Å². The smallest absolute Gasteiger partial charge is 0.411 e. The molecule has 1 saturated heterocycles. The van der Waals surface area contributed by atoms with Crippen LogP contribution in [0.4, 0.5) is 17.6 Å². The van der Waals surface area contributed by atoms with Crippen LogP contribution in [0, 0.1) is 17.1 Å². The number of ether oxygens (including phenoxy) is 3. The van der Waals surface area contributed by atoms with Gasteiger partial charge in [0.2, 0.25) is 5.88 Å². The minimum absolute atomic E-state index is 0.0376. The molecule has 2 aromatic heterocycles. The van der Waals surface area contributed by atoms with Crippen molar-refractivity contribution in [2.75, 3.05) is 19.8 Å². The van der Waals surface area contributed by atoms with Crippen LogP contribution in [-0.2, 0) is 24.4 Å². The highest BCUT2D eigenvalue weighted by molar-refractivity contribution is 5.92. The third-order valence-electron chi connectivity index (χ3n) is 7.50. The molecule has 5 rings (SSSR count). The summed E-state index contributed by atoms with van der Waals surface area (Å²) in [5, 5.41) is 18.7. The lowest BCUT2D eigenvalue weighted by Crippen LogP contribution is -2.44. The monoisotopic (exact) mass is 642 g/mol. The number of rotatable bonds is 12. The molecule has 1 aliphatic heterocycles. The maximum Gasteiger partial charge on any atom is 0.411 e. The maximum absolute atomic E-state index is 13.4. The Balaban J connectivity index is 1.22. The van der Waals surface area contributed by atoms with Gasteiger partial charge in [-0.25, -0.2) is 19.2 Å². The van der Waals surface area contributed by atoms with Crippen molar-refractivity contribution in [3.05, 3.63) is 77.3 Å². The van der Waals surface area contributed by atoms with Gasteiger partial charge in [0.25, 0.3) is 0 Å². The van der Waals surface area contributed by atoms with E-state index in [-0.39, 0.29) is 48.8 Å². The summed E-state index contributed by atoms with van der Waals surface area (Å²) in [6, 6.07) is 11.7. The van der Waals surface area contributed by atoms with Crippen molar-refractivity contribution >= 4 is 17.0 Å². The van der Waals surface area contributed by atoms with Gasteiger partial charge in [-0.1, -0.05) is 0 Å². The van der Waals surface area contributed by atoms with E-state index in [9.17, 15) is 32.7 Å². The first-order valence-corrected chi connectivity index (χ1v) is 14.4. The Hall–Kier alpha value is -4.81. The van der Waals surface area contributed by atoms with Crippen LogP contribution < -0.4 is 9.47 Å². The van der Waals surface area contributed by atoms with Gasteiger partial charge >= 0.3 is 12.1 Å². The number of alkyl halides is 3. The number of fused-ring (bicyclic) bond motifs is 1. The Bertz CT molecular complexity index is 1740. The van der Waals surface area contributed by atoms with Gasteiger partial charge in [0, 0.05) is 31.4 Å². The number of nitrogens with zero attached hydrogens (tertiary/aromatic N) is 6. The number of aromatic nitrogens is 4. The van der Waals surface area contributed by atoms with E-state index in [1.54, 1.807) is 16.7 Å². The summed E-state index contributed by atoms with van der Waals surface area (Å²) in [6.45, 7) is 1.45. The largest absolute Gasteiger partial charge is 0.484 e. The van der Waals surface area contributed by atoms with Crippen molar-refractivity contribution in [3.63, 3.8) is 0 Å². The van der Waals surface area contributed by atoms with Crippen LogP contribution in [0.3, 0.4) is 0 Å². The predicted octanol–water partition coefficient (Wildman–Crippen LogP) is 5.13. The lowest BCUT2D eigenvalue weighted by Gasteiger charge is -2.37. The fraction of sp³-hybridized carbons (Fsp3) is 0.387. The first-order valence-electron chi connectivity index (χ1n) is 14.4. The summed E-state index contributed by atoms with van der Waals surface area (Å²) in [7, 11) is 0. The SMILES string of the molecule is C[C@H]1C[C@@H](Oc2ccnc(COc3ccc(F)cc3C#N)n2)CCN1Cc1nc2ccc(C(=O)O)cc2n1CCOCC(F)(F)F. The number of benzene rings is 2. The summed E-state index contributed by atoms with van der Waals surface area (Å²) in [4.78, 5) is 27.0. The number of halogens is 4. The van der Waals surface area contributed by atoms with Gasteiger partial charge in [0.15, 0.2) is 5.82 Å². The van der Waals surface area contributed by atoms with Crippen molar-refractivity contribution < 1.29 is 41.7 Å². The molecule has 4 aromatic rings. The molecule has 46 heavy (non-hydrogen) atoms. The van der Waals surface area contributed by atoms with Crippen LogP contribution in [0.5, 0.6) is 11.6 Å². The van der Waals surface area contributed by atoms with Crippen molar-refractivity contribution in [2.45, 2.75) is 57.8 Å². The van der Waals surface area contributed by atoms with E-state index < -0.39 is 24.6 Å². The highest BCUT2D eigenvalue weighted by atomic mass is 19.4. The lowest BCUT2D eigenvalue weighted by molar-refractivity contribution is -0.174. The molecule has 1 N–H and O–H groups in total. The first kappa shape index (κ1) is 32.6. The average Bonchev–Trinajstić information content (AvgIpc) is 3.35. The summed E-state index contributed by atoms with van der Waals surface area (Å²) >= 11 is 0. The number of piperidine rings is 1. The minimum Gasteiger partial charge on any atom is -0.484 e. The topological polar surface area (TPSA) is 136 Å². The van der Waals surface area contributed by atoms with E-state index in [1.165, 1.54) is 30.5 Å². The molecular weight excluding hydrogens is 612 g/mol. The quantitative estimate of drug-likeness (QED) is 0.164. The van der Waals surface area contributed by atoms with Crippen molar-refractivity contribution in [1.82, 2.24) is 24.4 Å². The van der Waals surface area contributed by atoms with Crippen LogP contribution in [0.25, 0.3) is 11.0 Å². The molecule has 0 spiro atoms. The number of carbonyl (C=O) groups is 1. The van der Waals surface area contributed by atoms with E-state index in [2.05, 4.69) is 19.9 Å². The third kappa shape index (κ3) is 8.26. The number of likely N-dealkylation sites (tertiary alicyclic amines) is 1. The molecule has 0 bridgehead atoms. The summed E-state index contributed by atoms with van der Waals surface area (Å²) in [5.41, 5.74) is 1.14. The van der Waals surface area contributed by atoms with Gasteiger partial charge < -0.3 is 23.9 Å². The maximum atomic E-state index is 13.4. The van der Waals surface area contributed by atoms with E-state index in [4.69, 9.17) is 14.2 Å². The molecule has 1 aliphatic rings. The fourth-order valence-corrected chi connectivity index (χ4v) is 5.26. The van der Waals surface area contributed by atoms with Gasteiger partial charge in [0.1, 0.15) is 42.8 Å². The highest BCUT2D eigenvalue weighted by Gasteiger charge is 2.29. The Morgan fingerprint density at radius 1 is 1.17 bits per heavy atom. The molecule has 2 atom stereocenters. The summed E-state index contributed by atoms with van der Waals surface area (Å²) in [6.07, 6.45) is -1.78. The Morgan fingerprint density at radius 3 is 2.74 bits per heavy atom. The lowest BCUT2D eigenvalue weighted by atomic mass is 10.0. The van der Waals surface area contributed by atoms with Crippen LogP contribution >= 0.6 is 0 Å². The normalized spacial score (nSPS) is 17.1. The van der Waals surface area contributed by atoms with Gasteiger partial charge in [-0.15, -0.1) is 0 Å². The average molecular weight is 643 g/mol. The molecular formula is C31H30F4N6O5. The number of nitriles is 1. The first-order chi connectivity index (χ1) is 22.0. The van der Waals surface area contributed by atoms with E-state index in [0.29, 0.717) is 54.5 Å². The van der Waals surface area contributed by atoms with Gasteiger partial charge in [-0.05, 0) is 56.2 Å². The van der Waals surface area contributed by atoms with E-state index >= 15 is 0 Å². The van der Waals surface area contributed by atoms with Gasteiger partial charge in [-0.3, -0.25) is 4.90 Å². The second kappa shape index (κ2) is 14.1. The molecule has 2 aromatic carbocycles. The molecule has 11 nitrogen and oxygen atoms in total. The van der Waals surface area contributed by atoms with Crippen molar-refractivity contribution in [1.29, 1.82) is 5.26 Å². The minimum atomic E-state index is -4.45. The summed E-state index contributed by atoms with van der Waals surface area (Å²) in [5.74, 6) is -0.192. The molecule has 15 heteroatoms. The highest BCUT2D eigenvalue weighted by Crippen LogP contribution is 2.26.